The van der Waals surface area contributed by atoms with Crippen LogP contribution in [0, 0.1) is 0 Å². The number of hydrogen-bond acceptors (Lipinski definition) is 6. The zero-order valence-electron chi connectivity index (χ0n) is 14.5. The summed E-state index contributed by atoms with van der Waals surface area (Å²) in [6.45, 7) is 1.98. The topological polar surface area (TPSA) is 81.1 Å². The summed E-state index contributed by atoms with van der Waals surface area (Å²) in [4.78, 5) is 17.7. The van der Waals surface area contributed by atoms with Crippen LogP contribution in [0.5, 0.6) is 5.75 Å². The number of aromatic nitrogens is 3. The van der Waals surface area contributed by atoms with Gasteiger partial charge in [0.05, 0.1) is 12.9 Å². The molecule has 1 aliphatic heterocycles. The average Bonchev–Trinajstić information content (AvgIpc) is 3.01. The van der Waals surface area contributed by atoms with Gasteiger partial charge in [0.25, 0.3) is 0 Å². The molecule has 0 aliphatic carbocycles. The molecule has 0 unspecified atom stereocenters. The number of piperidine rings is 1. The minimum atomic E-state index is -0.0896. The number of methoxy groups -OCH3 is 1. The molecule has 1 aliphatic rings. The molecule has 7 nitrogen and oxygen atoms in total. The van der Waals surface area contributed by atoms with E-state index in [1.807, 2.05) is 31.3 Å². The highest BCUT2D eigenvalue weighted by molar-refractivity contribution is 8.00. The second kappa shape index (κ2) is 8.35. The highest BCUT2D eigenvalue weighted by Gasteiger charge is 2.21. The number of carbonyl (C=O) groups excluding carboxylic acids is 1. The lowest BCUT2D eigenvalue weighted by atomic mass is 9.98. The first-order chi connectivity index (χ1) is 12.2. The van der Waals surface area contributed by atoms with E-state index in [9.17, 15) is 4.79 Å². The summed E-state index contributed by atoms with van der Waals surface area (Å²) in [6.07, 6.45) is 2.06. The van der Waals surface area contributed by atoms with E-state index in [-0.39, 0.29) is 5.91 Å². The summed E-state index contributed by atoms with van der Waals surface area (Å²) >= 11 is 1.47. The monoisotopic (exact) mass is 361 g/mol. The molecule has 0 atom stereocenters. The van der Waals surface area contributed by atoms with E-state index in [1.54, 1.807) is 11.8 Å². The van der Waals surface area contributed by atoms with Crippen molar-refractivity contribution < 1.29 is 9.53 Å². The fraction of sp³-hybridized carbons (Fsp3) is 0.471. The van der Waals surface area contributed by atoms with Crippen LogP contribution in [0.2, 0.25) is 0 Å². The molecule has 0 bridgehead atoms. The van der Waals surface area contributed by atoms with Gasteiger partial charge in [0.15, 0.2) is 5.82 Å². The number of hydrogen-bond donors (Lipinski definition) is 2. The van der Waals surface area contributed by atoms with Crippen molar-refractivity contribution in [2.75, 3.05) is 31.3 Å². The first kappa shape index (κ1) is 17.8. The predicted octanol–water partition coefficient (Wildman–Crippen LogP) is 2.02. The Bertz CT molecular complexity index is 710. The summed E-state index contributed by atoms with van der Waals surface area (Å²) in [6, 6.07) is 7.64. The van der Waals surface area contributed by atoms with Crippen LogP contribution in [0.1, 0.15) is 24.6 Å². The molecule has 1 aromatic heterocycles. The number of anilines is 1. The first-order valence-corrected chi connectivity index (χ1v) is 9.32. The summed E-state index contributed by atoms with van der Waals surface area (Å²) in [5.74, 6) is 2.73. The molecule has 0 saturated carbocycles. The Hall–Kier alpha value is -2.06. The van der Waals surface area contributed by atoms with Gasteiger partial charge in [-0.25, -0.2) is 4.68 Å². The summed E-state index contributed by atoms with van der Waals surface area (Å²) in [5.41, 5.74) is 0. The van der Waals surface area contributed by atoms with Gasteiger partial charge in [-0.2, -0.15) is 10.1 Å². The number of nitrogens with one attached hydrogen (secondary N) is 2. The van der Waals surface area contributed by atoms with Crippen LogP contribution in [-0.4, -0.2) is 46.6 Å². The van der Waals surface area contributed by atoms with Gasteiger partial charge in [-0.15, -0.1) is 11.8 Å². The molecule has 3 rings (SSSR count). The quantitative estimate of drug-likeness (QED) is 0.766. The Morgan fingerprint density at radius 3 is 2.76 bits per heavy atom. The van der Waals surface area contributed by atoms with Gasteiger partial charge >= 0.3 is 0 Å². The highest BCUT2D eigenvalue weighted by atomic mass is 32.2. The highest BCUT2D eigenvalue weighted by Crippen LogP contribution is 2.24. The minimum absolute atomic E-state index is 0.0896. The number of benzene rings is 1. The zero-order valence-corrected chi connectivity index (χ0v) is 15.3. The molecule has 25 heavy (non-hydrogen) atoms. The molecule has 1 aromatic carbocycles. The fourth-order valence-corrected chi connectivity index (χ4v) is 3.45. The van der Waals surface area contributed by atoms with Crippen molar-refractivity contribution >= 4 is 23.6 Å². The van der Waals surface area contributed by atoms with Crippen LogP contribution in [0.3, 0.4) is 0 Å². The Balaban J connectivity index is 1.54. The third-order valence-electron chi connectivity index (χ3n) is 4.16. The van der Waals surface area contributed by atoms with Gasteiger partial charge in [0, 0.05) is 17.9 Å². The van der Waals surface area contributed by atoms with E-state index in [1.165, 1.54) is 11.8 Å². The van der Waals surface area contributed by atoms with Gasteiger partial charge in [-0.1, -0.05) is 0 Å². The largest absolute Gasteiger partial charge is 0.497 e. The van der Waals surface area contributed by atoms with E-state index in [2.05, 4.69) is 20.7 Å². The number of nitrogens with zero attached hydrogens (tertiary/aromatic N) is 3. The fourth-order valence-electron chi connectivity index (χ4n) is 2.75. The molecule has 2 heterocycles. The van der Waals surface area contributed by atoms with Crippen molar-refractivity contribution in [3.8, 4) is 5.75 Å². The maximum atomic E-state index is 12.2. The molecule has 134 valence electrons. The van der Waals surface area contributed by atoms with E-state index < -0.39 is 0 Å². The Labute approximate surface area is 151 Å². The van der Waals surface area contributed by atoms with Gasteiger partial charge in [0.2, 0.25) is 11.9 Å². The van der Waals surface area contributed by atoms with Crippen LogP contribution < -0.4 is 15.4 Å². The van der Waals surface area contributed by atoms with Crippen molar-refractivity contribution in [1.29, 1.82) is 0 Å². The van der Waals surface area contributed by atoms with Crippen molar-refractivity contribution in [2.24, 2.45) is 7.05 Å². The SMILES string of the molecule is COc1ccc(SCC(=O)Nc2nc(C3CCNCC3)nn2C)cc1. The number of carbonyl (C=O) groups is 1. The lowest BCUT2D eigenvalue weighted by Crippen LogP contribution is -2.27. The third kappa shape index (κ3) is 4.73. The average molecular weight is 361 g/mol. The smallest absolute Gasteiger partial charge is 0.237 e. The number of amides is 1. The van der Waals surface area contributed by atoms with E-state index in [0.717, 1.165) is 42.4 Å². The lowest BCUT2D eigenvalue weighted by molar-refractivity contribution is -0.113. The second-order valence-corrected chi connectivity index (χ2v) is 7.00. The van der Waals surface area contributed by atoms with Crippen molar-refractivity contribution in [1.82, 2.24) is 20.1 Å². The number of rotatable bonds is 6. The number of thioether (sulfide) groups is 1. The Morgan fingerprint density at radius 2 is 2.08 bits per heavy atom. The molecule has 2 aromatic rings. The van der Waals surface area contributed by atoms with Crippen LogP contribution in [0.15, 0.2) is 29.2 Å². The summed E-state index contributed by atoms with van der Waals surface area (Å²) in [7, 11) is 3.44. The maximum absolute atomic E-state index is 12.2. The molecule has 0 spiro atoms. The molecule has 1 fully saturated rings. The molecule has 2 N–H and O–H groups in total. The third-order valence-corrected chi connectivity index (χ3v) is 5.18. The van der Waals surface area contributed by atoms with E-state index in [4.69, 9.17) is 4.74 Å². The minimum Gasteiger partial charge on any atom is -0.497 e. The predicted molar refractivity (Wildman–Crippen MR) is 98.2 cm³/mol. The zero-order chi connectivity index (χ0) is 17.6. The normalized spacial score (nSPS) is 15.1. The van der Waals surface area contributed by atoms with Crippen molar-refractivity contribution in [2.45, 2.75) is 23.7 Å². The van der Waals surface area contributed by atoms with Gasteiger partial charge in [-0.3, -0.25) is 10.1 Å². The Morgan fingerprint density at radius 1 is 1.36 bits per heavy atom. The van der Waals surface area contributed by atoms with Gasteiger partial charge in [-0.05, 0) is 50.2 Å². The number of ether oxygens (including phenoxy) is 1. The van der Waals surface area contributed by atoms with Crippen molar-refractivity contribution in [3.05, 3.63) is 30.1 Å². The maximum Gasteiger partial charge on any atom is 0.237 e. The molecular formula is C17H23N5O2S. The van der Waals surface area contributed by atoms with Crippen molar-refractivity contribution in [3.63, 3.8) is 0 Å². The second-order valence-electron chi connectivity index (χ2n) is 5.95. The molecule has 1 saturated heterocycles. The summed E-state index contributed by atoms with van der Waals surface area (Å²) < 4.78 is 6.77. The number of aryl methyl sites for hydroxylation is 1. The van der Waals surface area contributed by atoms with Crippen LogP contribution in [-0.2, 0) is 11.8 Å². The first-order valence-electron chi connectivity index (χ1n) is 8.34. The van der Waals surface area contributed by atoms with Crippen LogP contribution in [0.4, 0.5) is 5.95 Å². The van der Waals surface area contributed by atoms with E-state index >= 15 is 0 Å². The van der Waals surface area contributed by atoms with Gasteiger partial charge < -0.3 is 10.1 Å². The van der Waals surface area contributed by atoms with Crippen LogP contribution >= 0.6 is 11.8 Å². The lowest BCUT2D eigenvalue weighted by Gasteiger charge is -2.19. The molecular weight excluding hydrogens is 338 g/mol. The molecule has 8 heteroatoms. The standard InChI is InChI=1S/C17H23N5O2S/c1-22-17(20-16(21-22)12-7-9-18-10-8-12)19-15(23)11-25-14-5-3-13(24-2)4-6-14/h3-6,12,18H,7-11H2,1-2H3,(H,19,20,21,23). The van der Waals surface area contributed by atoms with Crippen LogP contribution in [0.25, 0.3) is 0 Å². The summed E-state index contributed by atoms with van der Waals surface area (Å²) in [5, 5.41) is 10.7. The molecule has 0 radical (unpaired) electrons. The Kier molecular flexibility index (Phi) is 5.93. The van der Waals surface area contributed by atoms with E-state index in [0.29, 0.717) is 17.6 Å². The molecule has 1 amide bonds. The van der Waals surface area contributed by atoms with Gasteiger partial charge in [0.1, 0.15) is 5.75 Å².